The number of nitrogens with zero attached hydrogens (tertiary/aromatic N) is 1. The number of hydrogen-bond acceptors (Lipinski definition) is 3. The van der Waals surface area contributed by atoms with Gasteiger partial charge in [-0.3, -0.25) is 9.69 Å². The zero-order valence-electron chi connectivity index (χ0n) is 15.1. The summed E-state index contributed by atoms with van der Waals surface area (Å²) in [6.07, 6.45) is 5.24. The molecule has 0 radical (unpaired) electrons. The molecule has 4 nitrogen and oxygen atoms in total. The lowest BCUT2D eigenvalue weighted by Crippen LogP contribution is -2.24. The SMILES string of the molecule is COc1ccc(NC(=O)c2ccc(CN3CCCCCC3)cc2)cc1Cl. The summed E-state index contributed by atoms with van der Waals surface area (Å²) in [4.78, 5) is 14.9. The van der Waals surface area contributed by atoms with Crippen molar-refractivity contribution >= 4 is 23.2 Å². The number of halogens is 1. The number of rotatable bonds is 5. The molecule has 26 heavy (non-hydrogen) atoms. The van der Waals surface area contributed by atoms with Crippen molar-refractivity contribution in [1.29, 1.82) is 0 Å². The van der Waals surface area contributed by atoms with E-state index < -0.39 is 0 Å². The van der Waals surface area contributed by atoms with Crippen molar-refractivity contribution in [3.05, 3.63) is 58.6 Å². The van der Waals surface area contributed by atoms with Gasteiger partial charge in [-0.05, 0) is 61.8 Å². The topological polar surface area (TPSA) is 41.6 Å². The van der Waals surface area contributed by atoms with Crippen molar-refractivity contribution in [2.24, 2.45) is 0 Å². The Hall–Kier alpha value is -2.04. The molecule has 5 heteroatoms. The van der Waals surface area contributed by atoms with E-state index in [1.165, 1.54) is 44.3 Å². The molecule has 0 aromatic heterocycles. The Bertz CT molecular complexity index is 738. The van der Waals surface area contributed by atoms with Crippen molar-refractivity contribution in [1.82, 2.24) is 4.90 Å². The van der Waals surface area contributed by atoms with Gasteiger partial charge in [0.1, 0.15) is 5.75 Å². The summed E-state index contributed by atoms with van der Waals surface area (Å²) in [5, 5.41) is 3.34. The molecular formula is C21H25ClN2O2. The number of likely N-dealkylation sites (tertiary alicyclic amines) is 1. The number of hydrogen-bond donors (Lipinski definition) is 1. The third-order valence-corrected chi connectivity index (χ3v) is 5.03. The molecule has 0 aliphatic carbocycles. The van der Waals surface area contributed by atoms with Gasteiger partial charge in [-0.15, -0.1) is 0 Å². The van der Waals surface area contributed by atoms with Crippen LogP contribution >= 0.6 is 11.6 Å². The van der Waals surface area contributed by atoms with E-state index in [-0.39, 0.29) is 5.91 Å². The molecular weight excluding hydrogens is 348 g/mol. The van der Waals surface area contributed by atoms with Crippen LogP contribution < -0.4 is 10.1 Å². The van der Waals surface area contributed by atoms with Crippen LogP contribution in [0.5, 0.6) is 5.75 Å². The Labute approximate surface area is 160 Å². The third-order valence-electron chi connectivity index (χ3n) is 4.73. The highest BCUT2D eigenvalue weighted by Crippen LogP contribution is 2.27. The molecule has 2 aromatic rings. The molecule has 1 saturated heterocycles. The van der Waals surface area contributed by atoms with Crippen LogP contribution in [0.25, 0.3) is 0 Å². The zero-order valence-corrected chi connectivity index (χ0v) is 15.9. The molecule has 0 saturated carbocycles. The molecule has 1 N–H and O–H groups in total. The minimum absolute atomic E-state index is 0.146. The third kappa shape index (κ3) is 4.99. The molecule has 0 spiro atoms. The van der Waals surface area contributed by atoms with E-state index in [0.717, 1.165) is 6.54 Å². The molecule has 1 aliphatic heterocycles. The Balaban J connectivity index is 1.60. The minimum atomic E-state index is -0.146. The van der Waals surface area contributed by atoms with Gasteiger partial charge in [0.05, 0.1) is 12.1 Å². The monoisotopic (exact) mass is 372 g/mol. The summed E-state index contributed by atoms with van der Waals surface area (Å²) in [6.45, 7) is 3.29. The highest BCUT2D eigenvalue weighted by Gasteiger charge is 2.11. The molecule has 2 aromatic carbocycles. The fraction of sp³-hybridized carbons (Fsp3) is 0.381. The van der Waals surface area contributed by atoms with Crippen LogP contribution in [0.1, 0.15) is 41.6 Å². The molecule has 138 valence electrons. The van der Waals surface area contributed by atoms with Crippen LogP contribution in [-0.4, -0.2) is 31.0 Å². The fourth-order valence-electron chi connectivity index (χ4n) is 3.26. The van der Waals surface area contributed by atoms with Gasteiger partial charge in [-0.25, -0.2) is 0 Å². The Morgan fingerprint density at radius 1 is 1.08 bits per heavy atom. The second kappa shape index (κ2) is 9.06. The Morgan fingerprint density at radius 2 is 1.77 bits per heavy atom. The average Bonchev–Trinajstić information content (AvgIpc) is 2.91. The summed E-state index contributed by atoms with van der Waals surface area (Å²) in [5.41, 5.74) is 2.53. The standard InChI is InChI=1S/C21H25ClN2O2/c1-26-20-11-10-18(14-19(20)22)23-21(25)17-8-6-16(7-9-17)15-24-12-4-2-3-5-13-24/h6-11,14H,2-5,12-13,15H2,1H3,(H,23,25). The lowest BCUT2D eigenvalue weighted by Gasteiger charge is -2.19. The summed E-state index contributed by atoms with van der Waals surface area (Å²) >= 11 is 6.10. The zero-order chi connectivity index (χ0) is 18.4. The van der Waals surface area contributed by atoms with Crippen molar-refractivity contribution in [3.8, 4) is 5.75 Å². The van der Waals surface area contributed by atoms with Gasteiger partial charge in [0.25, 0.3) is 5.91 Å². The Kier molecular flexibility index (Phi) is 6.53. The number of anilines is 1. The first-order valence-electron chi connectivity index (χ1n) is 9.12. The molecule has 0 bridgehead atoms. The molecule has 1 fully saturated rings. The van der Waals surface area contributed by atoms with E-state index >= 15 is 0 Å². The maximum absolute atomic E-state index is 12.4. The summed E-state index contributed by atoms with van der Waals surface area (Å²) in [7, 11) is 1.56. The molecule has 3 rings (SSSR count). The first-order chi connectivity index (χ1) is 12.7. The first-order valence-corrected chi connectivity index (χ1v) is 9.50. The van der Waals surface area contributed by atoms with Gasteiger partial charge in [-0.1, -0.05) is 36.6 Å². The van der Waals surface area contributed by atoms with E-state index in [1.54, 1.807) is 25.3 Å². The quantitative estimate of drug-likeness (QED) is 0.805. The summed E-state index contributed by atoms with van der Waals surface area (Å²) in [5.74, 6) is 0.440. The van der Waals surface area contributed by atoms with Crippen molar-refractivity contribution in [2.75, 3.05) is 25.5 Å². The largest absolute Gasteiger partial charge is 0.495 e. The van der Waals surface area contributed by atoms with Crippen molar-refractivity contribution in [2.45, 2.75) is 32.2 Å². The number of nitrogens with one attached hydrogen (secondary N) is 1. The van der Waals surface area contributed by atoms with Gasteiger partial charge in [0.2, 0.25) is 0 Å². The number of carbonyl (C=O) groups is 1. The highest BCUT2D eigenvalue weighted by atomic mass is 35.5. The van der Waals surface area contributed by atoms with Crippen LogP contribution in [0, 0.1) is 0 Å². The molecule has 0 unspecified atom stereocenters. The van der Waals surface area contributed by atoms with Crippen LogP contribution in [0.3, 0.4) is 0 Å². The lowest BCUT2D eigenvalue weighted by molar-refractivity contribution is 0.102. The second-order valence-corrected chi connectivity index (χ2v) is 7.10. The van der Waals surface area contributed by atoms with Gasteiger partial charge in [0.15, 0.2) is 0 Å². The lowest BCUT2D eigenvalue weighted by atomic mass is 10.1. The maximum atomic E-state index is 12.4. The molecule has 1 aliphatic rings. The number of amides is 1. The molecule has 0 atom stereocenters. The normalized spacial score (nSPS) is 15.3. The van der Waals surface area contributed by atoms with Gasteiger partial charge in [-0.2, -0.15) is 0 Å². The fourth-order valence-corrected chi connectivity index (χ4v) is 3.52. The second-order valence-electron chi connectivity index (χ2n) is 6.69. The van der Waals surface area contributed by atoms with Crippen LogP contribution in [0.2, 0.25) is 5.02 Å². The van der Waals surface area contributed by atoms with E-state index in [0.29, 0.717) is 22.0 Å². The first kappa shape index (κ1) is 18.7. The highest BCUT2D eigenvalue weighted by molar-refractivity contribution is 6.32. The van der Waals surface area contributed by atoms with Crippen LogP contribution in [-0.2, 0) is 6.54 Å². The number of benzene rings is 2. The number of carbonyl (C=O) groups excluding carboxylic acids is 1. The minimum Gasteiger partial charge on any atom is -0.495 e. The maximum Gasteiger partial charge on any atom is 0.255 e. The molecule has 1 heterocycles. The predicted octanol–water partition coefficient (Wildman–Crippen LogP) is 4.98. The smallest absolute Gasteiger partial charge is 0.255 e. The number of methoxy groups -OCH3 is 1. The van der Waals surface area contributed by atoms with E-state index in [9.17, 15) is 4.79 Å². The van der Waals surface area contributed by atoms with Gasteiger partial charge in [0, 0.05) is 17.8 Å². The Morgan fingerprint density at radius 3 is 2.38 bits per heavy atom. The van der Waals surface area contributed by atoms with E-state index in [2.05, 4.69) is 10.2 Å². The van der Waals surface area contributed by atoms with E-state index in [4.69, 9.17) is 16.3 Å². The van der Waals surface area contributed by atoms with Gasteiger partial charge >= 0.3 is 0 Å². The van der Waals surface area contributed by atoms with Crippen LogP contribution in [0.4, 0.5) is 5.69 Å². The summed E-state index contributed by atoms with van der Waals surface area (Å²) in [6, 6.07) is 13.0. The van der Waals surface area contributed by atoms with E-state index in [1.807, 2.05) is 24.3 Å². The summed E-state index contributed by atoms with van der Waals surface area (Å²) < 4.78 is 5.12. The molecule has 1 amide bonds. The van der Waals surface area contributed by atoms with Crippen molar-refractivity contribution < 1.29 is 9.53 Å². The van der Waals surface area contributed by atoms with Crippen molar-refractivity contribution in [3.63, 3.8) is 0 Å². The predicted molar refractivity (Wildman–Crippen MR) is 106 cm³/mol. The van der Waals surface area contributed by atoms with Gasteiger partial charge < -0.3 is 10.1 Å². The van der Waals surface area contributed by atoms with Crippen LogP contribution in [0.15, 0.2) is 42.5 Å². The average molecular weight is 373 g/mol. The number of ether oxygens (including phenoxy) is 1.